The summed E-state index contributed by atoms with van der Waals surface area (Å²) >= 11 is 0. The number of rotatable bonds is 4. The number of anilines is 1. The number of benzene rings is 2. The zero-order chi connectivity index (χ0) is 18.7. The van der Waals surface area contributed by atoms with E-state index in [9.17, 15) is 9.18 Å². The number of ether oxygens (including phenoxy) is 1. The zero-order valence-corrected chi connectivity index (χ0v) is 15.5. The molecule has 1 amide bonds. The highest BCUT2D eigenvalue weighted by Crippen LogP contribution is 2.25. The molecule has 0 bridgehead atoms. The van der Waals surface area contributed by atoms with Gasteiger partial charge in [0.05, 0.1) is 5.69 Å². The number of fused-ring (bicyclic) bond motifs is 1. The van der Waals surface area contributed by atoms with Crippen LogP contribution in [0.3, 0.4) is 0 Å². The van der Waals surface area contributed by atoms with Gasteiger partial charge in [-0.25, -0.2) is 4.39 Å². The molecule has 0 aromatic heterocycles. The molecular formula is C21H25FN2O2. The third-order valence-electron chi connectivity index (χ3n) is 4.57. The number of hydrogen-bond acceptors (Lipinski definition) is 3. The average Bonchev–Trinajstić information content (AvgIpc) is 2.62. The second-order valence-electron chi connectivity index (χ2n) is 7.60. The second kappa shape index (κ2) is 7.46. The molecule has 2 aromatic rings. The molecule has 1 heterocycles. The van der Waals surface area contributed by atoms with Crippen LogP contribution >= 0.6 is 0 Å². The Balaban J connectivity index is 1.59. The molecular weight excluding hydrogens is 331 g/mol. The molecule has 0 unspecified atom stereocenters. The molecule has 2 N–H and O–H groups in total. The van der Waals surface area contributed by atoms with Crippen LogP contribution in [-0.2, 0) is 23.2 Å². The van der Waals surface area contributed by atoms with Crippen molar-refractivity contribution in [2.45, 2.75) is 39.2 Å². The van der Waals surface area contributed by atoms with Crippen LogP contribution in [0.4, 0.5) is 10.1 Å². The molecule has 1 aliphatic heterocycles. The third-order valence-corrected chi connectivity index (χ3v) is 4.57. The Hall–Kier alpha value is -2.40. The Morgan fingerprint density at radius 1 is 1.19 bits per heavy atom. The van der Waals surface area contributed by atoms with Crippen LogP contribution in [0.25, 0.3) is 0 Å². The molecule has 0 aliphatic carbocycles. The van der Waals surface area contributed by atoms with Crippen LogP contribution in [0.5, 0.6) is 5.75 Å². The van der Waals surface area contributed by atoms with E-state index >= 15 is 0 Å². The fourth-order valence-electron chi connectivity index (χ4n) is 3.02. The second-order valence-corrected chi connectivity index (χ2v) is 7.60. The summed E-state index contributed by atoms with van der Waals surface area (Å²) in [5.41, 5.74) is 3.10. The molecule has 1 aliphatic rings. The first kappa shape index (κ1) is 18.4. The monoisotopic (exact) mass is 356 g/mol. The number of amides is 1. The van der Waals surface area contributed by atoms with Gasteiger partial charge >= 0.3 is 0 Å². The highest BCUT2D eigenvalue weighted by molar-refractivity contribution is 5.92. The Labute approximate surface area is 153 Å². The van der Waals surface area contributed by atoms with Crippen molar-refractivity contribution in [1.82, 2.24) is 5.32 Å². The summed E-state index contributed by atoms with van der Waals surface area (Å²) in [6, 6.07) is 11.1. The molecule has 0 fully saturated rings. The smallest absolute Gasteiger partial charge is 0.262 e. The Morgan fingerprint density at radius 3 is 2.62 bits per heavy atom. The molecule has 0 radical (unpaired) electrons. The van der Waals surface area contributed by atoms with E-state index < -0.39 is 0 Å². The van der Waals surface area contributed by atoms with Gasteiger partial charge in [0.1, 0.15) is 11.6 Å². The van der Waals surface area contributed by atoms with Crippen LogP contribution < -0.4 is 15.4 Å². The van der Waals surface area contributed by atoms with Gasteiger partial charge in [-0.2, -0.15) is 0 Å². The summed E-state index contributed by atoms with van der Waals surface area (Å²) in [6.45, 7) is 7.66. The number of halogens is 1. The Morgan fingerprint density at radius 2 is 1.92 bits per heavy atom. The van der Waals surface area contributed by atoms with Gasteiger partial charge in [-0.05, 0) is 53.3 Å². The van der Waals surface area contributed by atoms with Crippen LogP contribution in [0.2, 0.25) is 0 Å². The predicted octanol–water partition coefficient (Wildman–Crippen LogP) is 3.79. The van der Waals surface area contributed by atoms with Gasteiger partial charge in [0.25, 0.3) is 5.91 Å². The van der Waals surface area contributed by atoms with Gasteiger partial charge in [0.15, 0.2) is 6.61 Å². The van der Waals surface area contributed by atoms with E-state index in [-0.39, 0.29) is 29.4 Å². The molecule has 138 valence electrons. The van der Waals surface area contributed by atoms with E-state index in [0.29, 0.717) is 24.3 Å². The van der Waals surface area contributed by atoms with Crippen molar-refractivity contribution < 1.29 is 13.9 Å². The molecule has 3 rings (SSSR count). The van der Waals surface area contributed by atoms with Crippen molar-refractivity contribution in [2.75, 3.05) is 18.5 Å². The third kappa shape index (κ3) is 4.22. The van der Waals surface area contributed by atoms with Gasteiger partial charge in [-0.1, -0.05) is 39.0 Å². The van der Waals surface area contributed by atoms with Crippen LogP contribution in [0.15, 0.2) is 36.4 Å². The van der Waals surface area contributed by atoms with Gasteiger partial charge in [-0.3, -0.25) is 4.79 Å². The number of carbonyl (C=O) groups excluding carboxylic acids is 1. The Bertz CT molecular complexity index is 795. The lowest BCUT2D eigenvalue weighted by molar-refractivity contribution is -0.118. The van der Waals surface area contributed by atoms with Gasteiger partial charge in [-0.15, -0.1) is 0 Å². The van der Waals surface area contributed by atoms with Crippen molar-refractivity contribution in [1.29, 1.82) is 0 Å². The summed E-state index contributed by atoms with van der Waals surface area (Å²) in [6.07, 6.45) is 0.626. The summed E-state index contributed by atoms with van der Waals surface area (Å²) in [5, 5.41) is 5.81. The number of hydrogen-bond donors (Lipinski definition) is 2. The number of nitrogens with one attached hydrogen (secondary N) is 2. The maximum atomic E-state index is 14.6. The lowest BCUT2D eigenvalue weighted by Crippen LogP contribution is -2.26. The highest BCUT2D eigenvalue weighted by atomic mass is 19.1. The van der Waals surface area contributed by atoms with Crippen molar-refractivity contribution in [2.24, 2.45) is 0 Å². The molecule has 0 saturated heterocycles. The first-order valence-electron chi connectivity index (χ1n) is 8.89. The summed E-state index contributed by atoms with van der Waals surface area (Å²) in [4.78, 5) is 12.1. The van der Waals surface area contributed by atoms with Crippen LogP contribution in [0.1, 0.15) is 37.5 Å². The van der Waals surface area contributed by atoms with Crippen molar-refractivity contribution in [3.63, 3.8) is 0 Å². The standard InChI is InChI=1S/C21H25FN2O2/c1-21(2,3)15-5-7-16(8-6-15)26-13-19(25)24-18-9-4-14-12-23-11-10-17(14)20(18)22/h4-9,23H,10-13H2,1-3H3,(H,24,25). The average molecular weight is 356 g/mol. The van der Waals surface area contributed by atoms with Crippen molar-refractivity contribution in [3.05, 3.63) is 58.9 Å². The van der Waals surface area contributed by atoms with Gasteiger partial charge in [0.2, 0.25) is 0 Å². The first-order chi connectivity index (χ1) is 12.3. The largest absolute Gasteiger partial charge is 0.484 e. The minimum Gasteiger partial charge on any atom is -0.484 e. The van der Waals surface area contributed by atoms with E-state index in [1.807, 2.05) is 30.3 Å². The van der Waals surface area contributed by atoms with Gasteiger partial charge in [0, 0.05) is 6.54 Å². The summed E-state index contributed by atoms with van der Waals surface area (Å²) < 4.78 is 20.1. The molecule has 26 heavy (non-hydrogen) atoms. The molecule has 0 saturated carbocycles. The quantitative estimate of drug-likeness (QED) is 0.876. The Kier molecular flexibility index (Phi) is 5.28. The lowest BCUT2D eigenvalue weighted by Gasteiger charge is -2.20. The van der Waals surface area contributed by atoms with E-state index in [2.05, 4.69) is 31.4 Å². The van der Waals surface area contributed by atoms with E-state index in [0.717, 1.165) is 12.1 Å². The zero-order valence-electron chi connectivity index (χ0n) is 15.5. The maximum absolute atomic E-state index is 14.6. The number of carbonyl (C=O) groups is 1. The predicted molar refractivity (Wildman–Crippen MR) is 101 cm³/mol. The van der Waals surface area contributed by atoms with Crippen LogP contribution in [-0.4, -0.2) is 19.1 Å². The minimum atomic E-state index is -0.377. The topological polar surface area (TPSA) is 50.4 Å². The normalized spacial score (nSPS) is 13.8. The SMILES string of the molecule is CC(C)(C)c1ccc(OCC(=O)Nc2ccc3c(c2F)CCNC3)cc1. The van der Waals surface area contributed by atoms with E-state index in [1.54, 1.807) is 6.07 Å². The van der Waals surface area contributed by atoms with Gasteiger partial charge < -0.3 is 15.4 Å². The summed E-state index contributed by atoms with van der Waals surface area (Å²) in [7, 11) is 0. The maximum Gasteiger partial charge on any atom is 0.262 e. The highest BCUT2D eigenvalue weighted by Gasteiger charge is 2.18. The molecule has 2 aromatic carbocycles. The first-order valence-corrected chi connectivity index (χ1v) is 8.89. The molecule has 0 spiro atoms. The van der Waals surface area contributed by atoms with Crippen LogP contribution in [0, 0.1) is 5.82 Å². The fraction of sp³-hybridized carbons (Fsp3) is 0.381. The molecule has 0 atom stereocenters. The minimum absolute atomic E-state index is 0.0649. The molecule has 4 nitrogen and oxygen atoms in total. The summed E-state index contributed by atoms with van der Waals surface area (Å²) in [5.74, 6) is -0.102. The molecule has 5 heteroatoms. The van der Waals surface area contributed by atoms with Crippen molar-refractivity contribution >= 4 is 11.6 Å². The van der Waals surface area contributed by atoms with E-state index in [4.69, 9.17) is 4.74 Å². The van der Waals surface area contributed by atoms with Crippen molar-refractivity contribution in [3.8, 4) is 5.75 Å². The fourth-order valence-corrected chi connectivity index (χ4v) is 3.02. The lowest BCUT2D eigenvalue weighted by atomic mass is 9.87. The van der Waals surface area contributed by atoms with E-state index in [1.165, 1.54) is 5.56 Å².